The smallest absolute Gasteiger partial charge is 0.248 e. The molecule has 9 nitrogen and oxygen atoms in total. The van der Waals surface area contributed by atoms with E-state index in [9.17, 15) is 19.5 Å². The van der Waals surface area contributed by atoms with Gasteiger partial charge in [0.15, 0.2) is 0 Å². The summed E-state index contributed by atoms with van der Waals surface area (Å²) in [6, 6.07) is -1.33. The van der Waals surface area contributed by atoms with Crippen LogP contribution in [0.5, 0.6) is 0 Å². The van der Waals surface area contributed by atoms with Crippen molar-refractivity contribution >= 4 is 17.6 Å². The lowest BCUT2D eigenvalue weighted by Crippen LogP contribution is -2.49. The monoisotopic (exact) mass is 417 g/mol. The first kappa shape index (κ1) is 21.0. The average Bonchev–Trinajstić information content (AvgIpc) is 3.21. The summed E-state index contributed by atoms with van der Waals surface area (Å²) in [6.45, 7) is 5.99. The molecule has 2 N–H and O–H groups in total. The summed E-state index contributed by atoms with van der Waals surface area (Å²) < 4.78 is 1.61. The maximum absolute atomic E-state index is 13.5. The number of Topliss-reactive ketones (excluding diaryl/α,β-unsaturated/α-hetero) is 1. The third kappa shape index (κ3) is 3.53. The molecule has 3 fully saturated rings. The topological polar surface area (TPSA) is 117 Å². The Bertz CT molecular complexity index is 857. The number of rotatable bonds is 4. The molecule has 2 aliphatic carbocycles. The highest BCUT2D eigenvalue weighted by atomic mass is 16.3. The van der Waals surface area contributed by atoms with Crippen LogP contribution in [0.15, 0.2) is 6.20 Å². The molecule has 4 rings (SSSR count). The summed E-state index contributed by atoms with van der Waals surface area (Å²) in [4.78, 5) is 38.6. The van der Waals surface area contributed by atoms with Crippen molar-refractivity contribution in [1.82, 2.24) is 25.2 Å². The molecule has 2 heterocycles. The summed E-state index contributed by atoms with van der Waals surface area (Å²) >= 11 is 0. The highest BCUT2D eigenvalue weighted by Gasteiger charge is 2.53. The minimum absolute atomic E-state index is 0.129. The van der Waals surface area contributed by atoms with Gasteiger partial charge >= 0.3 is 0 Å². The molecule has 1 spiro atoms. The summed E-state index contributed by atoms with van der Waals surface area (Å²) in [5.74, 6) is 0.101. The zero-order chi connectivity index (χ0) is 21.8. The van der Waals surface area contributed by atoms with Gasteiger partial charge in [0.25, 0.3) is 0 Å². The summed E-state index contributed by atoms with van der Waals surface area (Å²) in [6.07, 6.45) is 4.60. The molecule has 1 aromatic heterocycles. The van der Waals surface area contributed by atoms with Crippen molar-refractivity contribution in [3.63, 3.8) is 0 Å². The van der Waals surface area contributed by atoms with Gasteiger partial charge in [0.05, 0.1) is 11.8 Å². The van der Waals surface area contributed by atoms with E-state index < -0.39 is 23.6 Å². The van der Waals surface area contributed by atoms with Crippen LogP contribution in [0.2, 0.25) is 0 Å². The van der Waals surface area contributed by atoms with Crippen LogP contribution in [-0.4, -0.2) is 68.3 Å². The van der Waals surface area contributed by atoms with Crippen LogP contribution >= 0.6 is 0 Å². The molecular weight excluding hydrogens is 386 g/mol. The highest BCUT2D eigenvalue weighted by Crippen LogP contribution is 2.60. The summed E-state index contributed by atoms with van der Waals surface area (Å²) in [5.41, 5.74) is 0.563. The van der Waals surface area contributed by atoms with Gasteiger partial charge in [-0.1, -0.05) is 26.0 Å². The van der Waals surface area contributed by atoms with Crippen molar-refractivity contribution in [2.24, 2.45) is 10.8 Å². The maximum Gasteiger partial charge on any atom is 0.248 e. The van der Waals surface area contributed by atoms with Crippen molar-refractivity contribution in [3.8, 4) is 0 Å². The van der Waals surface area contributed by atoms with Crippen LogP contribution in [0.3, 0.4) is 0 Å². The minimum Gasteiger partial charge on any atom is -0.391 e. The minimum atomic E-state index is -0.723. The van der Waals surface area contributed by atoms with Gasteiger partial charge in [-0.05, 0) is 23.7 Å². The van der Waals surface area contributed by atoms with E-state index in [2.05, 4.69) is 15.6 Å². The SMILES string of the molecule is CNC(=O)[C@@H]1C[C@@H](O)CN1C(=O)[C@@H](n1cc(C2CC3(CC(=O)C3)C2)nn1)C(C)(C)C. The van der Waals surface area contributed by atoms with Gasteiger partial charge in [0, 0.05) is 45.0 Å². The molecule has 0 bridgehead atoms. The van der Waals surface area contributed by atoms with E-state index in [1.165, 1.54) is 11.9 Å². The number of carbonyl (C=O) groups is 3. The molecule has 1 aromatic rings. The first-order chi connectivity index (χ1) is 14.0. The molecule has 3 aliphatic rings. The Balaban J connectivity index is 1.54. The first-order valence-corrected chi connectivity index (χ1v) is 10.7. The Hall–Kier alpha value is -2.29. The van der Waals surface area contributed by atoms with E-state index in [1.54, 1.807) is 4.68 Å². The second kappa shape index (κ2) is 7.14. The molecule has 9 heteroatoms. The number of likely N-dealkylation sites (tertiary alicyclic amines) is 1. The molecule has 1 saturated heterocycles. The lowest BCUT2D eigenvalue weighted by molar-refractivity contribution is -0.144. The Morgan fingerprint density at radius 3 is 2.53 bits per heavy atom. The first-order valence-electron chi connectivity index (χ1n) is 10.7. The number of nitrogens with one attached hydrogen (secondary N) is 1. The van der Waals surface area contributed by atoms with Crippen molar-refractivity contribution < 1.29 is 19.5 Å². The number of aliphatic hydroxyl groups is 1. The normalized spacial score (nSPS) is 27.0. The molecule has 164 valence electrons. The largest absolute Gasteiger partial charge is 0.391 e. The molecule has 0 unspecified atom stereocenters. The van der Waals surface area contributed by atoms with Crippen molar-refractivity contribution in [1.29, 1.82) is 0 Å². The average molecular weight is 418 g/mol. The van der Waals surface area contributed by atoms with Crippen LogP contribution in [0.25, 0.3) is 0 Å². The number of carbonyl (C=O) groups excluding carboxylic acids is 3. The number of ketones is 1. The third-order valence-corrected chi connectivity index (χ3v) is 6.88. The number of amides is 2. The van der Waals surface area contributed by atoms with E-state index in [1.807, 2.05) is 27.0 Å². The van der Waals surface area contributed by atoms with Crippen LogP contribution in [0, 0.1) is 10.8 Å². The molecule has 1 aliphatic heterocycles. The highest BCUT2D eigenvalue weighted by molar-refractivity contribution is 5.90. The maximum atomic E-state index is 13.5. The Kier molecular flexibility index (Phi) is 4.99. The number of aliphatic hydroxyl groups excluding tert-OH is 1. The van der Waals surface area contributed by atoms with Gasteiger partial charge in [-0.15, -0.1) is 5.10 Å². The number of β-amino-alcohol motifs (C(OH)–C–C–N with tert-alkyl or cyclic N) is 1. The summed E-state index contributed by atoms with van der Waals surface area (Å²) in [7, 11) is 1.53. The van der Waals surface area contributed by atoms with E-state index in [0.717, 1.165) is 18.5 Å². The molecule has 30 heavy (non-hydrogen) atoms. The van der Waals surface area contributed by atoms with Gasteiger partial charge in [-0.3, -0.25) is 14.4 Å². The van der Waals surface area contributed by atoms with Crippen LogP contribution < -0.4 is 5.32 Å². The van der Waals surface area contributed by atoms with E-state index in [-0.39, 0.29) is 36.1 Å². The lowest BCUT2D eigenvalue weighted by Gasteiger charge is -2.52. The Morgan fingerprint density at radius 1 is 1.30 bits per heavy atom. The zero-order valence-electron chi connectivity index (χ0n) is 18.1. The molecule has 2 amide bonds. The molecule has 3 atom stereocenters. The number of likely N-dealkylation sites (N-methyl/N-ethyl adjacent to an activating group) is 1. The number of hydrogen-bond acceptors (Lipinski definition) is 6. The van der Waals surface area contributed by atoms with Crippen LogP contribution in [-0.2, 0) is 14.4 Å². The van der Waals surface area contributed by atoms with Crippen LogP contribution in [0.4, 0.5) is 0 Å². The van der Waals surface area contributed by atoms with E-state index >= 15 is 0 Å². The van der Waals surface area contributed by atoms with Gasteiger partial charge in [0.1, 0.15) is 17.9 Å². The fourth-order valence-corrected chi connectivity index (χ4v) is 5.38. The fraction of sp³-hybridized carbons (Fsp3) is 0.762. The van der Waals surface area contributed by atoms with E-state index in [0.29, 0.717) is 18.6 Å². The quantitative estimate of drug-likeness (QED) is 0.748. The van der Waals surface area contributed by atoms with Gasteiger partial charge in [-0.25, -0.2) is 4.68 Å². The van der Waals surface area contributed by atoms with Crippen molar-refractivity contribution in [3.05, 3.63) is 11.9 Å². The lowest BCUT2D eigenvalue weighted by atomic mass is 9.51. The number of hydrogen-bond donors (Lipinski definition) is 2. The van der Waals surface area contributed by atoms with Crippen LogP contribution in [0.1, 0.15) is 70.5 Å². The predicted octanol–water partition coefficient (Wildman–Crippen LogP) is 0.800. The number of nitrogens with zero attached hydrogens (tertiary/aromatic N) is 4. The predicted molar refractivity (Wildman–Crippen MR) is 107 cm³/mol. The molecule has 0 radical (unpaired) electrons. The third-order valence-electron chi connectivity index (χ3n) is 6.88. The molecule has 2 saturated carbocycles. The van der Waals surface area contributed by atoms with E-state index in [4.69, 9.17) is 0 Å². The fourth-order valence-electron chi connectivity index (χ4n) is 5.38. The Morgan fingerprint density at radius 2 is 1.97 bits per heavy atom. The van der Waals surface area contributed by atoms with Crippen molar-refractivity contribution in [2.45, 2.75) is 77.0 Å². The molecular formula is C21H31N5O4. The second-order valence-electron chi connectivity index (χ2n) is 10.4. The van der Waals surface area contributed by atoms with Gasteiger partial charge in [-0.2, -0.15) is 0 Å². The van der Waals surface area contributed by atoms with Gasteiger partial charge in [0.2, 0.25) is 11.8 Å². The Labute approximate surface area is 176 Å². The number of aromatic nitrogens is 3. The molecule has 0 aromatic carbocycles. The summed E-state index contributed by atoms with van der Waals surface area (Å²) in [5, 5.41) is 21.3. The zero-order valence-corrected chi connectivity index (χ0v) is 18.1. The standard InChI is InChI=1S/C21H31N5O4/c1-20(2,3)17(19(30)25-10-13(27)5-16(25)18(29)22-4)26-11-15(23-24-26)12-6-21(7-12)8-14(28)9-21/h11-13,16-17,27H,5-10H2,1-4H3,(H,22,29)/t13-,16+,17-/m1/s1. The van der Waals surface area contributed by atoms with Crippen molar-refractivity contribution in [2.75, 3.05) is 13.6 Å². The second-order valence-corrected chi connectivity index (χ2v) is 10.4. The van der Waals surface area contributed by atoms with Gasteiger partial charge < -0.3 is 15.3 Å².